The van der Waals surface area contributed by atoms with Crippen LogP contribution in [0.15, 0.2) is 12.1 Å². The number of anilines is 2. The standard InChI is InChI=1S/C14H16ClN3O3/c15-10-6-11-8(4-13(19)17-11)3-12(10)18-14(20)5-9-7-21-2-1-16-9/h3,6,9,16H,1-2,4-5,7H2,(H,17,19)(H,18,20). The number of benzene rings is 1. The Morgan fingerprint density at radius 3 is 3.10 bits per heavy atom. The zero-order valence-corrected chi connectivity index (χ0v) is 12.1. The minimum atomic E-state index is -0.128. The van der Waals surface area contributed by atoms with Gasteiger partial charge in [-0.15, -0.1) is 0 Å². The van der Waals surface area contributed by atoms with Crippen molar-refractivity contribution in [3.8, 4) is 0 Å². The molecule has 0 radical (unpaired) electrons. The van der Waals surface area contributed by atoms with E-state index in [2.05, 4.69) is 16.0 Å². The number of amides is 2. The molecular formula is C14H16ClN3O3. The van der Waals surface area contributed by atoms with Crippen molar-refractivity contribution in [3.63, 3.8) is 0 Å². The van der Waals surface area contributed by atoms with Crippen LogP contribution in [0.1, 0.15) is 12.0 Å². The Bertz CT molecular complexity index is 585. The van der Waals surface area contributed by atoms with Crippen molar-refractivity contribution < 1.29 is 14.3 Å². The molecule has 112 valence electrons. The Labute approximate surface area is 127 Å². The van der Waals surface area contributed by atoms with E-state index in [-0.39, 0.29) is 17.9 Å². The second kappa shape index (κ2) is 6.01. The maximum Gasteiger partial charge on any atom is 0.228 e. The SMILES string of the molecule is O=C(CC1COCCN1)Nc1cc2c(cc1Cl)NC(=O)C2. The van der Waals surface area contributed by atoms with Gasteiger partial charge in [-0.25, -0.2) is 0 Å². The third kappa shape index (κ3) is 3.34. The number of rotatable bonds is 3. The average Bonchev–Trinajstić information content (AvgIpc) is 2.79. The minimum absolute atomic E-state index is 0.0233. The number of halogens is 1. The lowest BCUT2D eigenvalue weighted by Gasteiger charge is -2.23. The Kier molecular flexibility index (Phi) is 4.10. The topological polar surface area (TPSA) is 79.5 Å². The van der Waals surface area contributed by atoms with Crippen LogP contribution < -0.4 is 16.0 Å². The highest BCUT2D eigenvalue weighted by Gasteiger charge is 2.21. The molecule has 21 heavy (non-hydrogen) atoms. The molecule has 2 heterocycles. The highest BCUT2D eigenvalue weighted by molar-refractivity contribution is 6.34. The largest absolute Gasteiger partial charge is 0.378 e. The first-order valence-corrected chi connectivity index (χ1v) is 7.23. The van der Waals surface area contributed by atoms with Gasteiger partial charge in [0.1, 0.15) is 0 Å². The van der Waals surface area contributed by atoms with Crippen LogP contribution in [0, 0.1) is 0 Å². The van der Waals surface area contributed by atoms with Gasteiger partial charge in [0.2, 0.25) is 11.8 Å². The molecule has 0 aliphatic carbocycles. The third-order valence-electron chi connectivity index (χ3n) is 3.52. The third-order valence-corrected chi connectivity index (χ3v) is 3.84. The summed E-state index contributed by atoms with van der Waals surface area (Å²) >= 11 is 6.14. The molecule has 0 bridgehead atoms. The predicted octanol–water partition coefficient (Wildman–Crippen LogP) is 1.15. The van der Waals surface area contributed by atoms with Crippen molar-refractivity contribution in [1.29, 1.82) is 0 Å². The summed E-state index contributed by atoms with van der Waals surface area (Å²) in [5.74, 6) is -0.190. The van der Waals surface area contributed by atoms with Crippen molar-refractivity contribution in [2.24, 2.45) is 0 Å². The van der Waals surface area contributed by atoms with Crippen molar-refractivity contribution in [2.45, 2.75) is 18.9 Å². The van der Waals surface area contributed by atoms with Crippen LogP contribution in [0.2, 0.25) is 5.02 Å². The van der Waals surface area contributed by atoms with Gasteiger partial charge in [0.15, 0.2) is 0 Å². The normalized spacial score (nSPS) is 20.8. The molecule has 6 nitrogen and oxygen atoms in total. The summed E-state index contributed by atoms with van der Waals surface area (Å²) in [4.78, 5) is 23.4. The summed E-state index contributed by atoms with van der Waals surface area (Å²) in [7, 11) is 0. The molecule has 1 aromatic rings. The van der Waals surface area contributed by atoms with Crippen LogP contribution in [0.4, 0.5) is 11.4 Å². The lowest BCUT2D eigenvalue weighted by molar-refractivity contribution is -0.117. The smallest absolute Gasteiger partial charge is 0.228 e. The van der Waals surface area contributed by atoms with Crippen LogP contribution in [0.25, 0.3) is 0 Å². The van der Waals surface area contributed by atoms with Gasteiger partial charge >= 0.3 is 0 Å². The van der Waals surface area contributed by atoms with Gasteiger partial charge in [0.25, 0.3) is 0 Å². The Balaban J connectivity index is 1.66. The molecule has 1 fully saturated rings. The lowest BCUT2D eigenvalue weighted by Crippen LogP contribution is -2.43. The molecule has 0 aromatic heterocycles. The van der Waals surface area contributed by atoms with Gasteiger partial charge in [0, 0.05) is 24.7 Å². The maximum atomic E-state index is 12.0. The van der Waals surface area contributed by atoms with Crippen molar-refractivity contribution in [2.75, 3.05) is 30.4 Å². The highest BCUT2D eigenvalue weighted by Crippen LogP contribution is 2.32. The van der Waals surface area contributed by atoms with E-state index in [9.17, 15) is 9.59 Å². The summed E-state index contributed by atoms with van der Waals surface area (Å²) in [6.07, 6.45) is 0.637. The number of hydrogen-bond donors (Lipinski definition) is 3. The van der Waals surface area contributed by atoms with E-state index in [0.29, 0.717) is 42.5 Å². The molecule has 2 aliphatic rings. The van der Waals surface area contributed by atoms with E-state index in [1.165, 1.54) is 0 Å². The molecule has 0 saturated carbocycles. The predicted molar refractivity (Wildman–Crippen MR) is 79.6 cm³/mol. The molecule has 2 aliphatic heterocycles. The summed E-state index contributed by atoms with van der Waals surface area (Å²) in [5, 5.41) is 9.16. The van der Waals surface area contributed by atoms with E-state index in [4.69, 9.17) is 16.3 Å². The van der Waals surface area contributed by atoms with Crippen molar-refractivity contribution in [3.05, 3.63) is 22.7 Å². The van der Waals surface area contributed by atoms with Gasteiger partial charge in [0.05, 0.1) is 30.3 Å². The summed E-state index contributed by atoms with van der Waals surface area (Å²) in [6, 6.07) is 3.44. The van der Waals surface area contributed by atoms with Crippen molar-refractivity contribution in [1.82, 2.24) is 5.32 Å². The minimum Gasteiger partial charge on any atom is -0.378 e. The first kappa shape index (κ1) is 14.3. The Hall–Kier alpha value is -1.63. The van der Waals surface area contributed by atoms with Crippen LogP contribution >= 0.6 is 11.6 Å². The second-order valence-electron chi connectivity index (χ2n) is 5.19. The molecule has 1 unspecified atom stereocenters. The molecule has 1 aromatic carbocycles. The van der Waals surface area contributed by atoms with E-state index < -0.39 is 0 Å². The number of carbonyl (C=O) groups is 2. The summed E-state index contributed by atoms with van der Waals surface area (Å²) in [5.41, 5.74) is 2.10. The van der Waals surface area contributed by atoms with Crippen molar-refractivity contribution >= 4 is 34.8 Å². The Morgan fingerprint density at radius 2 is 2.33 bits per heavy atom. The molecule has 7 heteroatoms. The summed E-state index contributed by atoms with van der Waals surface area (Å²) in [6.45, 7) is 1.96. The first-order valence-electron chi connectivity index (χ1n) is 6.85. The second-order valence-corrected chi connectivity index (χ2v) is 5.60. The zero-order valence-electron chi connectivity index (χ0n) is 11.4. The fourth-order valence-electron chi connectivity index (χ4n) is 2.52. The van der Waals surface area contributed by atoms with E-state index in [0.717, 1.165) is 12.1 Å². The zero-order chi connectivity index (χ0) is 14.8. The van der Waals surface area contributed by atoms with Gasteiger partial charge in [-0.3, -0.25) is 9.59 Å². The number of fused-ring (bicyclic) bond motifs is 1. The number of morpholine rings is 1. The van der Waals surface area contributed by atoms with E-state index >= 15 is 0 Å². The van der Waals surface area contributed by atoms with Crippen LogP contribution in [0.5, 0.6) is 0 Å². The summed E-state index contributed by atoms with van der Waals surface area (Å²) < 4.78 is 5.31. The molecule has 0 spiro atoms. The lowest BCUT2D eigenvalue weighted by atomic mass is 10.1. The van der Waals surface area contributed by atoms with E-state index in [1.54, 1.807) is 12.1 Å². The molecule has 1 saturated heterocycles. The fourth-order valence-corrected chi connectivity index (χ4v) is 2.73. The van der Waals surface area contributed by atoms with Crippen LogP contribution in [-0.2, 0) is 20.7 Å². The molecule has 3 rings (SSSR count). The Morgan fingerprint density at radius 1 is 1.48 bits per heavy atom. The molecule has 1 atom stereocenters. The molecule has 3 N–H and O–H groups in total. The maximum absolute atomic E-state index is 12.0. The van der Waals surface area contributed by atoms with Gasteiger partial charge in [-0.05, 0) is 17.7 Å². The number of ether oxygens (including phenoxy) is 1. The van der Waals surface area contributed by atoms with Gasteiger partial charge in [-0.1, -0.05) is 11.6 Å². The van der Waals surface area contributed by atoms with Gasteiger partial charge < -0.3 is 20.7 Å². The molecular weight excluding hydrogens is 294 g/mol. The first-order chi connectivity index (χ1) is 10.1. The average molecular weight is 310 g/mol. The quantitative estimate of drug-likeness (QED) is 0.782. The molecule has 2 amide bonds. The monoisotopic (exact) mass is 309 g/mol. The number of hydrogen-bond acceptors (Lipinski definition) is 4. The number of nitrogens with one attached hydrogen (secondary N) is 3. The van der Waals surface area contributed by atoms with Crippen LogP contribution in [0.3, 0.4) is 0 Å². The number of carbonyl (C=O) groups excluding carboxylic acids is 2. The fraction of sp³-hybridized carbons (Fsp3) is 0.429. The van der Waals surface area contributed by atoms with Crippen LogP contribution in [-0.4, -0.2) is 37.6 Å². The highest BCUT2D eigenvalue weighted by atomic mass is 35.5. The van der Waals surface area contributed by atoms with E-state index in [1.807, 2.05) is 0 Å². The van der Waals surface area contributed by atoms with Gasteiger partial charge in [-0.2, -0.15) is 0 Å².